The SMILES string of the molecule is CCOC(=O)c1ccc(NC(=O)CSc2nc3c(c(=O)[nH]2)CN([C@@H](C)c2ccccc2)CC3)cc1. The molecule has 2 aromatic carbocycles. The number of nitrogens with zero attached hydrogens (tertiary/aromatic N) is 2. The average Bonchev–Trinajstić information content (AvgIpc) is 2.88. The number of aromatic amines is 1. The van der Waals surface area contributed by atoms with E-state index in [0.29, 0.717) is 41.5 Å². The minimum Gasteiger partial charge on any atom is -0.462 e. The Morgan fingerprint density at radius 2 is 1.91 bits per heavy atom. The second-order valence-corrected chi connectivity index (χ2v) is 9.20. The molecule has 0 radical (unpaired) electrons. The molecule has 3 aromatic rings. The van der Waals surface area contributed by atoms with Crippen molar-refractivity contribution in [3.63, 3.8) is 0 Å². The Kier molecular flexibility index (Phi) is 7.99. The van der Waals surface area contributed by atoms with Crippen LogP contribution in [0.2, 0.25) is 0 Å². The Hall–Kier alpha value is -3.43. The number of carbonyl (C=O) groups excluding carboxylic acids is 2. The highest BCUT2D eigenvalue weighted by atomic mass is 32.2. The Balaban J connectivity index is 1.34. The summed E-state index contributed by atoms with van der Waals surface area (Å²) < 4.78 is 4.96. The summed E-state index contributed by atoms with van der Waals surface area (Å²) in [7, 11) is 0. The minimum atomic E-state index is -0.402. The number of amides is 1. The highest BCUT2D eigenvalue weighted by Gasteiger charge is 2.25. The highest BCUT2D eigenvalue weighted by molar-refractivity contribution is 7.99. The van der Waals surface area contributed by atoms with Gasteiger partial charge >= 0.3 is 5.97 Å². The van der Waals surface area contributed by atoms with Crippen molar-refractivity contribution in [1.29, 1.82) is 0 Å². The fraction of sp³-hybridized carbons (Fsp3) is 0.308. The maximum atomic E-state index is 12.8. The summed E-state index contributed by atoms with van der Waals surface area (Å²) in [6.07, 6.45) is 0.684. The van der Waals surface area contributed by atoms with Crippen LogP contribution in [0.15, 0.2) is 64.5 Å². The van der Waals surface area contributed by atoms with Crippen LogP contribution < -0.4 is 10.9 Å². The van der Waals surface area contributed by atoms with Gasteiger partial charge < -0.3 is 15.0 Å². The average molecular weight is 493 g/mol. The third kappa shape index (κ3) is 6.17. The van der Waals surface area contributed by atoms with E-state index in [9.17, 15) is 14.4 Å². The summed E-state index contributed by atoms with van der Waals surface area (Å²) >= 11 is 1.19. The van der Waals surface area contributed by atoms with E-state index in [-0.39, 0.29) is 23.3 Å². The lowest BCUT2D eigenvalue weighted by Gasteiger charge is -2.33. The molecular weight excluding hydrogens is 464 g/mol. The number of thioether (sulfide) groups is 1. The molecule has 8 nitrogen and oxygen atoms in total. The summed E-state index contributed by atoms with van der Waals surface area (Å²) in [5, 5.41) is 3.22. The third-order valence-corrected chi connectivity index (χ3v) is 6.80. The summed E-state index contributed by atoms with van der Waals surface area (Å²) in [6, 6.07) is 16.9. The first kappa shape index (κ1) is 24.7. The number of nitrogens with one attached hydrogen (secondary N) is 2. The molecule has 2 N–H and O–H groups in total. The maximum absolute atomic E-state index is 12.8. The normalized spacial score (nSPS) is 14.1. The lowest BCUT2D eigenvalue weighted by atomic mass is 10.0. The van der Waals surface area contributed by atoms with Gasteiger partial charge in [-0.05, 0) is 43.7 Å². The summed E-state index contributed by atoms with van der Waals surface area (Å²) in [5.41, 5.74) is 3.54. The predicted molar refractivity (Wildman–Crippen MR) is 136 cm³/mol. The summed E-state index contributed by atoms with van der Waals surface area (Å²) in [4.78, 5) is 46.6. The van der Waals surface area contributed by atoms with Gasteiger partial charge in [-0.15, -0.1) is 0 Å². The van der Waals surface area contributed by atoms with Gasteiger partial charge in [0.05, 0.1) is 29.2 Å². The van der Waals surface area contributed by atoms with Crippen molar-refractivity contribution in [2.24, 2.45) is 0 Å². The van der Waals surface area contributed by atoms with E-state index in [0.717, 1.165) is 12.2 Å². The van der Waals surface area contributed by atoms with E-state index in [2.05, 4.69) is 39.2 Å². The van der Waals surface area contributed by atoms with Crippen LogP contribution in [0.4, 0.5) is 5.69 Å². The molecule has 1 aromatic heterocycles. The highest BCUT2D eigenvalue weighted by Crippen LogP contribution is 2.26. The van der Waals surface area contributed by atoms with Crippen molar-refractivity contribution in [3.05, 3.63) is 87.3 Å². The Morgan fingerprint density at radius 3 is 2.63 bits per heavy atom. The molecule has 4 rings (SSSR count). The number of aromatic nitrogens is 2. The number of rotatable bonds is 8. The van der Waals surface area contributed by atoms with Gasteiger partial charge in [0, 0.05) is 31.2 Å². The molecule has 1 aliphatic heterocycles. The van der Waals surface area contributed by atoms with E-state index in [1.54, 1.807) is 31.2 Å². The molecule has 0 saturated carbocycles. The molecular formula is C26H28N4O4S. The largest absolute Gasteiger partial charge is 0.462 e. The molecule has 1 amide bonds. The van der Waals surface area contributed by atoms with Gasteiger partial charge in [-0.1, -0.05) is 42.1 Å². The molecule has 0 spiro atoms. The van der Waals surface area contributed by atoms with Crippen molar-refractivity contribution in [2.75, 3.05) is 24.2 Å². The van der Waals surface area contributed by atoms with Gasteiger partial charge in [0.1, 0.15) is 0 Å². The second kappa shape index (κ2) is 11.3. The monoisotopic (exact) mass is 492 g/mol. The molecule has 0 bridgehead atoms. The number of hydrogen-bond donors (Lipinski definition) is 2. The fourth-order valence-electron chi connectivity index (χ4n) is 4.00. The van der Waals surface area contributed by atoms with Crippen LogP contribution in [0.3, 0.4) is 0 Å². The Morgan fingerprint density at radius 1 is 1.17 bits per heavy atom. The van der Waals surface area contributed by atoms with E-state index >= 15 is 0 Å². The van der Waals surface area contributed by atoms with Crippen molar-refractivity contribution < 1.29 is 14.3 Å². The van der Waals surface area contributed by atoms with Gasteiger partial charge in [-0.2, -0.15) is 0 Å². The van der Waals surface area contributed by atoms with Gasteiger partial charge in [0.25, 0.3) is 5.56 Å². The molecule has 0 fully saturated rings. The predicted octanol–water partition coefficient (Wildman–Crippen LogP) is 3.80. The first-order valence-electron chi connectivity index (χ1n) is 11.6. The minimum absolute atomic E-state index is 0.0958. The topological polar surface area (TPSA) is 104 Å². The number of benzene rings is 2. The zero-order valence-corrected chi connectivity index (χ0v) is 20.6. The van der Waals surface area contributed by atoms with Crippen LogP contribution in [0.25, 0.3) is 0 Å². The molecule has 9 heteroatoms. The standard InChI is InChI=1S/C26H28N4O4S/c1-3-34-25(33)19-9-11-20(12-10-19)27-23(31)16-35-26-28-22-13-14-30(15-21(22)24(32)29-26)17(2)18-7-5-4-6-8-18/h4-12,17H,3,13-16H2,1-2H3,(H,27,31)(H,28,29,32)/t17-/m0/s1. The Bertz CT molecular complexity index is 1240. The number of esters is 1. The number of anilines is 1. The summed E-state index contributed by atoms with van der Waals surface area (Å²) in [5.74, 6) is -0.540. The van der Waals surface area contributed by atoms with Gasteiger partial charge in [-0.3, -0.25) is 14.5 Å². The number of fused-ring (bicyclic) bond motifs is 1. The molecule has 0 saturated heterocycles. The molecule has 1 atom stereocenters. The molecule has 182 valence electrons. The molecule has 0 unspecified atom stereocenters. The van der Waals surface area contributed by atoms with E-state index in [1.165, 1.54) is 17.3 Å². The molecule has 0 aliphatic carbocycles. The molecule has 1 aliphatic rings. The third-order valence-electron chi connectivity index (χ3n) is 5.93. The van der Waals surface area contributed by atoms with Crippen LogP contribution in [-0.4, -0.2) is 45.6 Å². The first-order chi connectivity index (χ1) is 16.9. The number of ether oxygens (including phenoxy) is 1. The van der Waals surface area contributed by atoms with Gasteiger partial charge in [0.2, 0.25) is 5.91 Å². The lowest BCUT2D eigenvalue weighted by Crippen LogP contribution is -2.37. The van der Waals surface area contributed by atoms with Gasteiger partial charge in [-0.25, -0.2) is 9.78 Å². The maximum Gasteiger partial charge on any atom is 0.338 e. The molecule has 2 heterocycles. The molecule has 35 heavy (non-hydrogen) atoms. The van der Waals surface area contributed by atoms with Crippen LogP contribution in [0.1, 0.15) is 47.1 Å². The zero-order valence-electron chi connectivity index (χ0n) is 19.7. The van der Waals surface area contributed by atoms with Crippen LogP contribution >= 0.6 is 11.8 Å². The first-order valence-corrected chi connectivity index (χ1v) is 12.5. The van der Waals surface area contributed by atoms with E-state index < -0.39 is 5.97 Å². The van der Waals surface area contributed by atoms with E-state index in [4.69, 9.17) is 4.74 Å². The number of hydrogen-bond acceptors (Lipinski definition) is 7. The Labute approximate surface area is 208 Å². The number of H-pyrrole nitrogens is 1. The van der Waals surface area contributed by atoms with Crippen LogP contribution in [0.5, 0.6) is 0 Å². The summed E-state index contributed by atoms with van der Waals surface area (Å²) in [6.45, 7) is 5.55. The number of carbonyl (C=O) groups is 2. The second-order valence-electron chi connectivity index (χ2n) is 8.24. The van der Waals surface area contributed by atoms with Crippen molar-refractivity contribution in [2.45, 2.75) is 38.0 Å². The van der Waals surface area contributed by atoms with Crippen LogP contribution in [-0.2, 0) is 22.5 Å². The zero-order chi connectivity index (χ0) is 24.8. The smallest absolute Gasteiger partial charge is 0.338 e. The van der Waals surface area contributed by atoms with E-state index in [1.807, 2.05) is 18.2 Å². The fourth-order valence-corrected chi connectivity index (χ4v) is 4.68. The van der Waals surface area contributed by atoms with Gasteiger partial charge in [0.15, 0.2) is 5.16 Å². The lowest BCUT2D eigenvalue weighted by molar-refractivity contribution is -0.113. The van der Waals surface area contributed by atoms with Crippen molar-refractivity contribution >= 4 is 29.3 Å². The quantitative estimate of drug-likeness (QED) is 0.280. The van der Waals surface area contributed by atoms with Crippen molar-refractivity contribution in [3.8, 4) is 0 Å². The van der Waals surface area contributed by atoms with Crippen LogP contribution in [0, 0.1) is 0 Å². The van der Waals surface area contributed by atoms with Crippen molar-refractivity contribution in [1.82, 2.24) is 14.9 Å².